The maximum Gasteiger partial charge on any atom is 0.255 e. The second-order valence-corrected chi connectivity index (χ2v) is 7.79. The number of methoxy groups -OCH3 is 1. The summed E-state index contributed by atoms with van der Waals surface area (Å²) in [6.07, 6.45) is 1.70. The largest absolute Gasteiger partial charge is 0.497 e. The molecule has 7 nitrogen and oxygen atoms in total. The van der Waals surface area contributed by atoms with Crippen LogP contribution in [0.15, 0.2) is 85.1 Å². The SMILES string of the molecule is COc1ccc(CNC(=O)CNC(=O)c2cn(-c3ccccc3)nc2-c2ccccc2C)cc1. The lowest BCUT2D eigenvalue weighted by atomic mass is 10.0. The second-order valence-electron chi connectivity index (χ2n) is 7.79. The van der Waals surface area contributed by atoms with E-state index in [1.54, 1.807) is 18.0 Å². The predicted molar refractivity (Wildman–Crippen MR) is 131 cm³/mol. The number of hydrogen-bond acceptors (Lipinski definition) is 4. The van der Waals surface area contributed by atoms with Crippen LogP contribution in [0.2, 0.25) is 0 Å². The lowest BCUT2D eigenvalue weighted by Crippen LogP contribution is -2.36. The van der Waals surface area contributed by atoms with Crippen molar-refractivity contribution in [1.82, 2.24) is 20.4 Å². The minimum absolute atomic E-state index is 0.140. The first-order valence-electron chi connectivity index (χ1n) is 10.9. The Morgan fingerprint density at radius 2 is 1.62 bits per heavy atom. The molecule has 0 fully saturated rings. The van der Waals surface area contributed by atoms with E-state index < -0.39 is 0 Å². The monoisotopic (exact) mass is 454 g/mol. The van der Waals surface area contributed by atoms with Gasteiger partial charge in [-0.05, 0) is 42.3 Å². The molecule has 0 aliphatic carbocycles. The average molecular weight is 455 g/mol. The van der Waals surface area contributed by atoms with Crippen LogP contribution in [-0.2, 0) is 11.3 Å². The molecule has 0 saturated heterocycles. The maximum atomic E-state index is 13.1. The highest BCUT2D eigenvalue weighted by molar-refractivity contribution is 6.01. The summed E-state index contributed by atoms with van der Waals surface area (Å²) in [7, 11) is 1.60. The van der Waals surface area contributed by atoms with Gasteiger partial charge in [-0.2, -0.15) is 5.10 Å². The normalized spacial score (nSPS) is 10.5. The summed E-state index contributed by atoms with van der Waals surface area (Å²) in [5.74, 6) is 0.111. The number of para-hydroxylation sites is 1. The van der Waals surface area contributed by atoms with E-state index in [2.05, 4.69) is 10.6 Å². The first-order chi connectivity index (χ1) is 16.5. The lowest BCUT2D eigenvalue weighted by Gasteiger charge is -2.08. The highest BCUT2D eigenvalue weighted by Crippen LogP contribution is 2.26. The summed E-state index contributed by atoms with van der Waals surface area (Å²) < 4.78 is 6.82. The summed E-state index contributed by atoms with van der Waals surface area (Å²) in [6.45, 7) is 2.20. The molecule has 0 aliphatic heterocycles. The third-order valence-corrected chi connectivity index (χ3v) is 5.44. The molecule has 2 N–H and O–H groups in total. The molecule has 1 heterocycles. The van der Waals surface area contributed by atoms with E-state index in [1.165, 1.54) is 0 Å². The predicted octanol–water partition coefficient (Wildman–Crippen LogP) is 3.90. The molecule has 0 unspecified atom stereocenters. The third kappa shape index (κ3) is 5.32. The summed E-state index contributed by atoms with van der Waals surface area (Å²) in [6, 6.07) is 24.8. The van der Waals surface area contributed by atoms with Crippen LogP contribution in [0.5, 0.6) is 5.75 Å². The molecule has 0 radical (unpaired) electrons. The van der Waals surface area contributed by atoms with Crippen molar-refractivity contribution in [3.8, 4) is 22.7 Å². The molecule has 172 valence electrons. The Balaban J connectivity index is 1.47. The average Bonchev–Trinajstić information content (AvgIpc) is 3.32. The Labute approximate surface area is 198 Å². The van der Waals surface area contributed by atoms with Gasteiger partial charge in [0.05, 0.1) is 24.9 Å². The molecule has 7 heteroatoms. The van der Waals surface area contributed by atoms with Gasteiger partial charge in [-0.25, -0.2) is 4.68 Å². The molecule has 0 atom stereocenters. The molecule has 0 spiro atoms. The molecule has 0 bridgehead atoms. The number of carbonyl (C=O) groups excluding carboxylic acids is 2. The van der Waals surface area contributed by atoms with Gasteiger partial charge in [-0.1, -0.05) is 54.6 Å². The van der Waals surface area contributed by atoms with Crippen molar-refractivity contribution in [1.29, 1.82) is 0 Å². The molecule has 2 amide bonds. The number of carbonyl (C=O) groups is 2. The van der Waals surface area contributed by atoms with Gasteiger partial charge in [0, 0.05) is 18.3 Å². The van der Waals surface area contributed by atoms with Crippen LogP contribution < -0.4 is 15.4 Å². The van der Waals surface area contributed by atoms with Gasteiger partial charge < -0.3 is 15.4 Å². The van der Waals surface area contributed by atoms with Crippen LogP contribution in [0, 0.1) is 6.92 Å². The van der Waals surface area contributed by atoms with E-state index >= 15 is 0 Å². The van der Waals surface area contributed by atoms with Gasteiger partial charge in [0.25, 0.3) is 5.91 Å². The fourth-order valence-corrected chi connectivity index (χ4v) is 3.55. The van der Waals surface area contributed by atoms with E-state index in [-0.39, 0.29) is 18.4 Å². The van der Waals surface area contributed by atoms with Gasteiger partial charge in [0.2, 0.25) is 5.91 Å². The van der Waals surface area contributed by atoms with Gasteiger partial charge in [0.15, 0.2) is 0 Å². The first kappa shape index (κ1) is 22.8. The Hall–Kier alpha value is -4.39. The van der Waals surface area contributed by atoms with Gasteiger partial charge >= 0.3 is 0 Å². The smallest absolute Gasteiger partial charge is 0.255 e. The van der Waals surface area contributed by atoms with Crippen molar-refractivity contribution in [2.45, 2.75) is 13.5 Å². The molecular formula is C27H26N4O3. The molecule has 34 heavy (non-hydrogen) atoms. The summed E-state index contributed by atoms with van der Waals surface area (Å²) in [5, 5.41) is 10.2. The van der Waals surface area contributed by atoms with Crippen LogP contribution >= 0.6 is 0 Å². The number of nitrogens with one attached hydrogen (secondary N) is 2. The van der Waals surface area contributed by atoms with E-state index in [9.17, 15) is 9.59 Å². The number of nitrogens with zero attached hydrogens (tertiary/aromatic N) is 2. The Morgan fingerprint density at radius 1 is 0.912 bits per heavy atom. The standard InChI is InChI=1S/C27H26N4O3/c1-19-8-6-7-11-23(19)26-24(18-31(30-26)21-9-4-3-5-10-21)27(33)29-17-25(32)28-16-20-12-14-22(34-2)15-13-20/h3-15,18H,16-17H2,1-2H3,(H,28,32)(H,29,33). The third-order valence-electron chi connectivity index (χ3n) is 5.44. The number of benzene rings is 3. The minimum Gasteiger partial charge on any atom is -0.497 e. The van der Waals surface area contributed by atoms with Crippen molar-refractivity contribution in [3.05, 3.63) is 102 Å². The van der Waals surface area contributed by atoms with Gasteiger partial charge in [-0.15, -0.1) is 0 Å². The maximum absolute atomic E-state index is 13.1. The molecule has 4 aromatic rings. The van der Waals surface area contributed by atoms with Crippen LogP contribution in [0.4, 0.5) is 0 Å². The fourth-order valence-electron chi connectivity index (χ4n) is 3.55. The number of hydrogen-bond donors (Lipinski definition) is 2. The molecule has 0 aliphatic rings. The van der Waals surface area contributed by atoms with Crippen LogP contribution in [-0.4, -0.2) is 35.2 Å². The number of ether oxygens (including phenoxy) is 1. The zero-order valence-corrected chi connectivity index (χ0v) is 19.1. The van der Waals surface area contributed by atoms with Gasteiger partial charge in [0.1, 0.15) is 11.4 Å². The number of aryl methyl sites for hydroxylation is 1. The van der Waals surface area contributed by atoms with Crippen LogP contribution in [0.3, 0.4) is 0 Å². The van der Waals surface area contributed by atoms with Crippen LogP contribution in [0.25, 0.3) is 16.9 Å². The van der Waals surface area contributed by atoms with E-state index in [1.807, 2.05) is 85.8 Å². The topological polar surface area (TPSA) is 85.3 Å². The van der Waals surface area contributed by atoms with Crippen molar-refractivity contribution in [2.75, 3.05) is 13.7 Å². The quantitative estimate of drug-likeness (QED) is 0.423. The zero-order valence-electron chi connectivity index (χ0n) is 19.1. The summed E-state index contributed by atoms with van der Waals surface area (Å²) in [4.78, 5) is 25.4. The van der Waals surface area contributed by atoms with Crippen molar-refractivity contribution in [3.63, 3.8) is 0 Å². The summed E-state index contributed by atoms with van der Waals surface area (Å²) in [5.41, 5.74) is 4.62. The molecule has 4 rings (SSSR count). The highest BCUT2D eigenvalue weighted by Gasteiger charge is 2.20. The Kier molecular flexibility index (Phi) is 7.03. The first-order valence-corrected chi connectivity index (χ1v) is 10.9. The summed E-state index contributed by atoms with van der Waals surface area (Å²) >= 11 is 0. The highest BCUT2D eigenvalue weighted by atomic mass is 16.5. The fraction of sp³-hybridized carbons (Fsp3) is 0.148. The lowest BCUT2D eigenvalue weighted by molar-refractivity contribution is -0.120. The van der Waals surface area contributed by atoms with Gasteiger partial charge in [-0.3, -0.25) is 9.59 Å². The van der Waals surface area contributed by atoms with Crippen molar-refractivity contribution in [2.24, 2.45) is 0 Å². The molecule has 1 aromatic heterocycles. The van der Waals surface area contributed by atoms with Crippen LogP contribution in [0.1, 0.15) is 21.5 Å². The Bertz CT molecular complexity index is 1280. The minimum atomic E-state index is -0.361. The molecular weight excluding hydrogens is 428 g/mol. The number of amides is 2. The molecule has 0 saturated carbocycles. The van der Waals surface area contributed by atoms with E-state index in [0.717, 1.165) is 28.1 Å². The Morgan fingerprint density at radius 3 is 2.32 bits per heavy atom. The van der Waals surface area contributed by atoms with E-state index in [4.69, 9.17) is 9.84 Å². The number of rotatable bonds is 8. The zero-order chi connectivity index (χ0) is 23.9. The second kappa shape index (κ2) is 10.5. The van der Waals surface area contributed by atoms with Crippen molar-refractivity contribution >= 4 is 11.8 Å². The van der Waals surface area contributed by atoms with E-state index in [0.29, 0.717) is 17.8 Å². The van der Waals surface area contributed by atoms with Crippen molar-refractivity contribution < 1.29 is 14.3 Å². The number of aromatic nitrogens is 2. The molecule has 3 aromatic carbocycles.